The van der Waals surface area contributed by atoms with Crippen molar-refractivity contribution in [2.75, 3.05) is 26.9 Å². The number of aryl methyl sites for hydroxylation is 1. The van der Waals surface area contributed by atoms with Crippen molar-refractivity contribution in [3.63, 3.8) is 0 Å². The third kappa shape index (κ3) is 4.17. The molecule has 3 heterocycles. The van der Waals surface area contributed by atoms with E-state index in [1.165, 1.54) is 6.20 Å². The maximum atomic E-state index is 12.2. The molecule has 0 aromatic carbocycles. The quantitative estimate of drug-likeness (QED) is 0.866. The Morgan fingerprint density at radius 1 is 1.32 bits per heavy atom. The summed E-state index contributed by atoms with van der Waals surface area (Å²) in [5.74, 6) is 1.89. The minimum Gasteiger partial charge on any atom is -0.481 e. The van der Waals surface area contributed by atoms with Crippen LogP contribution in [0.4, 0.5) is 0 Å². The SMILES string of the molecule is COc1ccc(C(=O)NCCn2c(C)cnc2C2CCOCC2)cn1. The van der Waals surface area contributed by atoms with Crippen LogP contribution in [0.5, 0.6) is 5.88 Å². The van der Waals surface area contributed by atoms with Crippen LogP contribution in [0.2, 0.25) is 0 Å². The Kier molecular flexibility index (Phi) is 5.65. The first-order valence-corrected chi connectivity index (χ1v) is 8.57. The molecular formula is C18H24N4O3. The van der Waals surface area contributed by atoms with Crippen LogP contribution in [0.1, 0.15) is 40.6 Å². The van der Waals surface area contributed by atoms with Crippen LogP contribution in [-0.2, 0) is 11.3 Å². The summed E-state index contributed by atoms with van der Waals surface area (Å²) >= 11 is 0. The lowest BCUT2D eigenvalue weighted by atomic mass is 9.99. The van der Waals surface area contributed by atoms with Crippen LogP contribution in [0.15, 0.2) is 24.5 Å². The Balaban J connectivity index is 1.58. The summed E-state index contributed by atoms with van der Waals surface area (Å²) in [6.07, 6.45) is 5.42. The lowest BCUT2D eigenvalue weighted by Crippen LogP contribution is -2.28. The van der Waals surface area contributed by atoms with Crippen LogP contribution >= 0.6 is 0 Å². The number of methoxy groups -OCH3 is 1. The minimum absolute atomic E-state index is 0.138. The van der Waals surface area contributed by atoms with Gasteiger partial charge in [0.15, 0.2) is 0 Å². The summed E-state index contributed by atoms with van der Waals surface area (Å²) in [6, 6.07) is 3.38. The number of nitrogens with one attached hydrogen (secondary N) is 1. The van der Waals surface area contributed by atoms with Crippen molar-refractivity contribution in [2.45, 2.75) is 32.2 Å². The Hall–Kier alpha value is -2.41. The zero-order valence-electron chi connectivity index (χ0n) is 14.7. The molecule has 134 valence electrons. The number of carbonyl (C=O) groups excluding carboxylic acids is 1. The van der Waals surface area contributed by atoms with Gasteiger partial charge in [0.1, 0.15) is 5.82 Å². The van der Waals surface area contributed by atoms with Gasteiger partial charge in [0, 0.05) is 56.4 Å². The fourth-order valence-electron chi connectivity index (χ4n) is 3.07. The molecule has 3 rings (SSSR count). The summed E-state index contributed by atoms with van der Waals surface area (Å²) in [5.41, 5.74) is 1.63. The highest BCUT2D eigenvalue weighted by Gasteiger charge is 2.21. The molecule has 2 aromatic rings. The van der Waals surface area contributed by atoms with E-state index in [0.29, 0.717) is 30.5 Å². The van der Waals surface area contributed by atoms with E-state index in [2.05, 4.69) is 19.9 Å². The predicted octanol–water partition coefficient (Wildman–Crippen LogP) is 1.92. The standard InChI is InChI=1S/C18H24N4O3/c1-13-11-21-17(14-5-9-25-10-6-14)22(13)8-7-19-18(23)15-3-4-16(24-2)20-12-15/h3-4,11-12,14H,5-10H2,1-2H3,(H,19,23). The highest BCUT2D eigenvalue weighted by Crippen LogP contribution is 2.26. The number of imidazole rings is 1. The molecule has 1 N–H and O–H groups in total. The van der Waals surface area contributed by atoms with E-state index in [0.717, 1.165) is 37.6 Å². The fourth-order valence-corrected chi connectivity index (χ4v) is 3.07. The maximum absolute atomic E-state index is 12.2. The Morgan fingerprint density at radius 3 is 2.80 bits per heavy atom. The second-order valence-corrected chi connectivity index (χ2v) is 6.14. The highest BCUT2D eigenvalue weighted by atomic mass is 16.5. The molecule has 0 bridgehead atoms. The third-order valence-electron chi connectivity index (χ3n) is 4.50. The number of hydrogen-bond acceptors (Lipinski definition) is 5. The van der Waals surface area contributed by atoms with E-state index in [-0.39, 0.29) is 5.91 Å². The van der Waals surface area contributed by atoms with E-state index in [1.54, 1.807) is 19.2 Å². The molecule has 0 aliphatic carbocycles. The van der Waals surface area contributed by atoms with Gasteiger partial charge >= 0.3 is 0 Å². The number of hydrogen-bond donors (Lipinski definition) is 1. The van der Waals surface area contributed by atoms with Crippen molar-refractivity contribution in [1.82, 2.24) is 19.9 Å². The molecule has 1 amide bonds. The predicted molar refractivity (Wildman–Crippen MR) is 92.9 cm³/mol. The summed E-state index contributed by atoms with van der Waals surface area (Å²) in [5, 5.41) is 2.94. The first-order valence-electron chi connectivity index (χ1n) is 8.57. The van der Waals surface area contributed by atoms with Crippen molar-refractivity contribution >= 4 is 5.91 Å². The normalized spacial score (nSPS) is 15.1. The topological polar surface area (TPSA) is 78.3 Å². The summed E-state index contributed by atoms with van der Waals surface area (Å²) in [4.78, 5) is 20.9. The van der Waals surface area contributed by atoms with Gasteiger partial charge in [0.2, 0.25) is 5.88 Å². The molecule has 7 heteroatoms. The van der Waals surface area contributed by atoms with Gasteiger partial charge < -0.3 is 19.4 Å². The number of pyridine rings is 1. The van der Waals surface area contributed by atoms with Gasteiger partial charge in [-0.15, -0.1) is 0 Å². The van der Waals surface area contributed by atoms with Gasteiger partial charge in [-0.05, 0) is 25.8 Å². The lowest BCUT2D eigenvalue weighted by Gasteiger charge is -2.23. The molecule has 0 radical (unpaired) electrons. The zero-order chi connectivity index (χ0) is 17.6. The van der Waals surface area contributed by atoms with Crippen molar-refractivity contribution in [3.05, 3.63) is 41.6 Å². The minimum atomic E-state index is -0.138. The van der Waals surface area contributed by atoms with Crippen LogP contribution < -0.4 is 10.1 Å². The molecule has 0 atom stereocenters. The number of rotatable bonds is 6. The van der Waals surface area contributed by atoms with Crippen molar-refractivity contribution in [1.29, 1.82) is 0 Å². The largest absolute Gasteiger partial charge is 0.481 e. The highest BCUT2D eigenvalue weighted by molar-refractivity contribution is 5.93. The number of carbonyl (C=O) groups is 1. The second kappa shape index (κ2) is 8.11. The van der Waals surface area contributed by atoms with Gasteiger partial charge in [-0.2, -0.15) is 0 Å². The van der Waals surface area contributed by atoms with Crippen LogP contribution in [0.3, 0.4) is 0 Å². The van der Waals surface area contributed by atoms with Gasteiger partial charge in [0.25, 0.3) is 5.91 Å². The Bertz CT molecular complexity index is 706. The van der Waals surface area contributed by atoms with E-state index in [1.807, 2.05) is 13.1 Å². The Morgan fingerprint density at radius 2 is 2.12 bits per heavy atom. The first kappa shape index (κ1) is 17.4. The summed E-state index contributed by atoms with van der Waals surface area (Å²) in [7, 11) is 1.55. The third-order valence-corrected chi connectivity index (χ3v) is 4.50. The van der Waals surface area contributed by atoms with Gasteiger partial charge in [0.05, 0.1) is 12.7 Å². The van der Waals surface area contributed by atoms with Gasteiger partial charge in [-0.1, -0.05) is 0 Å². The molecule has 0 saturated carbocycles. The second-order valence-electron chi connectivity index (χ2n) is 6.14. The molecule has 1 fully saturated rings. The zero-order valence-corrected chi connectivity index (χ0v) is 14.7. The van der Waals surface area contributed by atoms with E-state index >= 15 is 0 Å². The van der Waals surface area contributed by atoms with E-state index in [4.69, 9.17) is 9.47 Å². The van der Waals surface area contributed by atoms with Crippen molar-refractivity contribution < 1.29 is 14.3 Å². The number of nitrogens with zero attached hydrogens (tertiary/aromatic N) is 3. The smallest absolute Gasteiger partial charge is 0.252 e. The molecule has 7 nitrogen and oxygen atoms in total. The number of amides is 1. The maximum Gasteiger partial charge on any atom is 0.252 e. The Labute approximate surface area is 147 Å². The molecule has 0 spiro atoms. The first-order chi connectivity index (χ1) is 12.2. The fraction of sp³-hybridized carbons (Fsp3) is 0.500. The van der Waals surface area contributed by atoms with Crippen LogP contribution in [0, 0.1) is 6.92 Å². The summed E-state index contributed by atoms with van der Waals surface area (Å²) < 4.78 is 12.6. The molecule has 1 aliphatic rings. The molecule has 1 aliphatic heterocycles. The average molecular weight is 344 g/mol. The average Bonchev–Trinajstić information content (AvgIpc) is 3.03. The van der Waals surface area contributed by atoms with Crippen LogP contribution in [-0.4, -0.2) is 47.3 Å². The molecular weight excluding hydrogens is 320 g/mol. The van der Waals surface area contributed by atoms with E-state index < -0.39 is 0 Å². The van der Waals surface area contributed by atoms with Crippen molar-refractivity contribution in [2.24, 2.45) is 0 Å². The molecule has 0 unspecified atom stereocenters. The van der Waals surface area contributed by atoms with Crippen LogP contribution in [0.25, 0.3) is 0 Å². The van der Waals surface area contributed by atoms with Crippen molar-refractivity contribution in [3.8, 4) is 5.88 Å². The molecule has 1 saturated heterocycles. The lowest BCUT2D eigenvalue weighted by molar-refractivity contribution is 0.0827. The molecule has 25 heavy (non-hydrogen) atoms. The summed E-state index contributed by atoms with van der Waals surface area (Å²) in [6.45, 7) is 4.87. The van der Waals surface area contributed by atoms with Gasteiger partial charge in [-0.3, -0.25) is 4.79 Å². The number of ether oxygens (including phenoxy) is 2. The van der Waals surface area contributed by atoms with Gasteiger partial charge in [-0.25, -0.2) is 9.97 Å². The van der Waals surface area contributed by atoms with E-state index in [9.17, 15) is 4.79 Å². The molecule has 2 aromatic heterocycles. The number of aromatic nitrogens is 3. The monoisotopic (exact) mass is 344 g/mol.